The van der Waals surface area contributed by atoms with Crippen LogP contribution in [0.15, 0.2) is 24.4 Å². The first kappa shape index (κ1) is 20.3. The van der Waals surface area contributed by atoms with Crippen LogP contribution in [0, 0.1) is 11.8 Å². The van der Waals surface area contributed by atoms with Crippen LogP contribution in [0.2, 0.25) is 0 Å². The summed E-state index contributed by atoms with van der Waals surface area (Å²) in [5.74, 6) is 1.48. The molecule has 158 valence electrons. The van der Waals surface area contributed by atoms with Gasteiger partial charge in [0.25, 0.3) is 0 Å². The number of carbonyl (C=O) groups is 2. The van der Waals surface area contributed by atoms with Crippen molar-refractivity contribution in [3.05, 3.63) is 30.1 Å². The van der Waals surface area contributed by atoms with Crippen LogP contribution in [-0.2, 0) is 16.1 Å². The third-order valence-corrected chi connectivity index (χ3v) is 7.17. The van der Waals surface area contributed by atoms with E-state index in [1.807, 2.05) is 18.2 Å². The van der Waals surface area contributed by atoms with Crippen molar-refractivity contribution in [2.24, 2.45) is 11.8 Å². The fraction of sp³-hybridized carbons (Fsp3) is 0.696. The van der Waals surface area contributed by atoms with Crippen molar-refractivity contribution in [2.45, 2.75) is 70.5 Å². The van der Waals surface area contributed by atoms with E-state index in [1.165, 1.54) is 38.8 Å². The summed E-state index contributed by atoms with van der Waals surface area (Å²) in [6, 6.07) is 6.66. The second kappa shape index (κ2) is 9.24. The Balaban J connectivity index is 1.33. The molecule has 3 aliphatic rings. The predicted octanol–water partition coefficient (Wildman–Crippen LogP) is 2.59. The largest absolute Gasteiger partial charge is 0.350 e. The number of aromatic nitrogens is 1. The molecule has 6 heteroatoms. The predicted molar refractivity (Wildman–Crippen MR) is 112 cm³/mol. The van der Waals surface area contributed by atoms with E-state index >= 15 is 0 Å². The average molecular weight is 399 g/mol. The minimum Gasteiger partial charge on any atom is -0.350 e. The van der Waals surface area contributed by atoms with Crippen molar-refractivity contribution in [3.63, 3.8) is 0 Å². The molecule has 1 aromatic heterocycles. The number of nitrogens with one attached hydrogen (secondary N) is 1. The highest BCUT2D eigenvalue weighted by molar-refractivity contribution is 5.76. The van der Waals surface area contributed by atoms with Gasteiger partial charge < -0.3 is 10.2 Å². The van der Waals surface area contributed by atoms with Gasteiger partial charge in [-0.05, 0) is 75.6 Å². The van der Waals surface area contributed by atoms with Crippen LogP contribution in [0.5, 0.6) is 0 Å². The van der Waals surface area contributed by atoms with E-state index in [-0.39, 0.29) is 11.8 Å². The van der Waals surface area contributed by atoms with Crippen molar-refractivity contribution in [2.75, 3.05) is 19.6 Å². The maximum absolute atomic E-state index is 12.4. The summed E-state index contributed by atoms with van der Waals surface area (Å²) in [6.07, 6.45) is 8.99. The zero-order valence-electron chi connectivity index (χ0n) is 17.6. The lowest BCUT2D eigenvalue weighted by Gasteiger charge is -2.57. The van der Waals surface area contributed by atoms with Gasteiger partial charge in [-0.25, -0.2) is 0 Å². The molecule has 0 radical (unpaired) electrons. The Kier molecular flexibility index (Phi) is 6.48. The van der Waals surface area contributed by atoms with Crippen LogP contribution >= 0.6 is 0 Å². The number of amides is 2. The molecule has 29 heavy (non-hydrogen) atoms. The Bertz CT molecular complexity index is 708. The smallest absolute Gasteiger partial charge is 0.220 e. The molecule has 0 aromatic carbocycles. The summed E-state index contributed by atoms with van der Waals surface area (Å²) in [5, 5.41) is 2.97. The Morgan fingerprint density at radius 3 is 2.79 bits per heavy atom. The molecule has 0 spiro atoms. The normalized spacial score (nSPS) is 29.2. The molecule has 0 unspecified atom stereocenters. The van der Waals surface area contributed by atoms with Gasteiger partial charge >= 0.3 is 0 Å². The molecule has 2 amide bonds. The molecule has 4 heterocycles. The van der Waals surface area contributed by atoms with Crippen molar-refractivity contribution >= 4 is 11.8 Å². The van der Waals surface area contributed by atoms with Crippen molar-refractivity contribution in [1.82, 2.24) is 20.1 Å². The second-order valence-electron chi connectivity index (χ2n) is 8.96. The summed E-state index contributed by atoms with van der Waals surface area (Å²) in [5.41, 5.74) is 0.876. The highest BCUT2D eigenvalue weighted by atomic mass is 16.2. The van der Waals surface area contributed by atoms with Gasteiger partial charge in [-0.2, -0.15) is 0 Å². The SMILES string of the molecule is CC(=O)N1C[C@@H]2CCCN3CCC[C@@H]([C@H]23)[C@H]1CCCC(=O)NCc1ccccn1. The van der Waals surface area contributed by atoms with Crippen LogP contribution < -0.4 is 5.32 Å². The molecule has 1 aromatic rings. The summed E-state index contributed by atoms with van der Waals surface area (Å²) in [6.45, 7) is 5.55. The first-order chi connectivity index (χ1) is 14.1. The van der Waals surface area contributed by atoms with Gasteiger partial charge in [0.15, 0.2) is 0 Å². The minimum absolute atomic E-state index is 0.0710. The summed E-state index contributed by atoms with van der Waals surface area (Å²) in [7, 11) is 0. The molecular formula is C23H34N4O2. The van der Waals surface area contributed by atoms with Crippen LogP contribution in [0.4, 0.5) is 0 Å². The molecule has 1 N–H and O–H groups in total. The van der Waals surface area contributed by atoms with Gasteiger partial charge in [-0.15, -0.1) is 0 Å². The molecular weight excluding hydrogens is 364 g/mol. The molecule has 0 saturated carbocycles. The zero-order chi connectivity index (χ0) is 20.2. The quantitative estimate of drug-likeness (QED) is 0.800. The Morgan fingerprint density at radius 2 is 2.03 bits per heavy atom. The topological polar surface area (TPSA) is 65.5 Å². The summed E-state index contributed by atoms with van der Waals surface area (Å²) < 4.78 is 0. The number of hydrogen-bond acceptors (Lipinski definition) is 4. The lowest BCUT2D eigenvalue weighted by molar-refractivity contribution is -0.144. The Labute approximate surface area is 174 Å². The average Bonchev–Trinajstić information content (AvgIpc) is 2.74. The number of hydrogen-bond donors (Lipinski definition) is 1. The first-order valence-electron chi connectivity index (χ1n) is 11.3. The van der Waals surface area contributed by atoms with E-state index < -0.39 is 0 Å². The van der Waals surface area contributed by atoms with E-state index in [9.17, 15) is 9.59 Å². The standard InChI is InChI=1S/C23H34N4O2/c1-17(28)27-16-18-7-5-13-26-14-6-9-20(23(18)26)21(27)10-4-11-22(29)25-15-19-8-2-3-12-24-19/h2-3,8,12,18,20-21,23H,4-7,9-11,13-16H2,1H3,(H,25,29)/t18-,20+,21+,23-/m0/s1. The molecule has 3 aliphatic heterocycles. The summed E-state index contributed by atoms with van der Waals surface area (Å²) in [4.78, 5) is 33.8. The lowest BCUT2D eigenvalue weighted by Crippen LogP contribution is -2.65. The van der Waals surface area contributed by atoms with E-state index in [1.54, 1.807) is 13.1 Å². The lowest BCUT2D eigenvalue weighted by atomic mass is 9.69. The van der Waals surface area contributed by atoms with Crippen LogP contribution in [0.1, 0.15) is 57.6 Å². The molecule has 4 atom stereocenters. The zero-order valence-corrected chi connectivity index (χ0v) is 17.6. The van der Waals surface area contributed by atoms with E-state index in [0.29, 0.717) is 36.9 Å². The van der Waals surface area contributed by atoms with Gasteiger partial charge in [0.05, 0.1) is 12.2 Å². The van der Waals surface area contributed by atoms with Crippen molar-refractivity contribution in [3.8, 4) is 0 Å². The van der Waals surface area contributed by atoms with E-state index in [2.05, 4.69) is 20.1 Å². The van der Waals surface area contributed by atoms with Gasteiger partial charge in [0.2, 0.25) is 11.8 Å². The maximum Gasteiger partial charge on any atom is 0.220 e. The second-order valence-corrected chi connectivity index (χ2v) is 8.96. The minimum atomic E-state index is 0.0710. The maximum atomic E-state index is 12.4. The number of rotatable bonds is 6. The van der Waals surface area contributed by atoms with E-state index in [4.69, 9.17) is 0 Å². The van der Waals surface area contributed by atoms with E-state index in [0.717, 1.165) is 25.1 Å². The van der Waals surface area contributed by atoms with Crippen LogP contribution in [0.3, 0.4) is 0 Å². The fourth-order valence-corrected chi connectivity index (χ4v) is 5.98. The summed E-state index contributed by atoms with van der Waals surface area (Å²) >= 11 is 0. The van der Waals surface area contributed by atoms with Crippen LogP contribution in [0.25, 0.3) is 0 Å². The molecule has 6 nitrogen and oxygen atoms in total. The number of carbonyl (C=O) groups excluding carboxylic acids is 2. The third-order valence-electron chi connectivity index (χ3n) is 7.17. The highest BCUT2D eigenvalue weighted by Gasteiger charge is 2.48. The highest BCUT2D eigenvalue weighted by Crippen LogP contribution is 2.43. The number of likely N-dealkylation sites (tertiary alicyclic amines) is 1. The molecule has 3 fully saturated rings. The number of nitrogens with zero attached hydrogens (tertiary/aromatic N) is 3. The van der Waals surface area contributed by atoms with Gasteiger partial charge in [-0.3, -0.25) is 19.5 Å². The molecule has 3 saturated heterocycles. The van der Waals surface area contributed by atoms with Crippen LogP contribution in [-0.4, -0.2) is 58.3 Å². The number of piperidine rings is 3. The third kappa shape index (κ3) is 4.63. The van der Waals surface area contributed by atoms with Gasteiger partial charge in [0.1, 0.15) is 0 Å². The van der Waals surface area contributed by atoms with Gasteiger partial charge in [0, 0.05) is 38.2 Å². The van der Waals surface area contributed by atoms with Crippen molar-refractivity contribution in [1.29, 1.82) is 0 Å². The first-order valence-corrected chi connectivity index (χ1v) is 11.3. The Hall–Kier alpha value is -1.95. The van der Waals surface area contributed by atoms with Crippen molar-refractivity contribution < 1.29 is 9.59 Å². The fourth-order valence-electron chi connectivity index (χ4n) is 5.98. The monoisotopic (exact) mass is 398 g/mol. The molecule has 0 aliphatic carbocycles. The Morgan fingerprint density at radius 1 is 1.21 bits per heavy atom. The number of pyridine rings is 1. The molecule has 0 bridgehead atoms. The van der Waals surface area contributed by atoms with Gasteiger partial charge in [-0.1, -0.05) is 6.07 Å². The molecule has 4 rings (SSSR count).